The Morgan fingerprint density at radius 3 is 2.56 bits per heavy atom. The van der Waals surface area contributed by atoms with Crippen molar-refractivity contribution in [1.29, 1.82) is 0 Å². The quantitative estimate of drug-likeness (QED) is 0.716. The van der Waals surface area contributed by atoms with Crippen LogP contribution in [0, 0.1) is 6.92 Å². The first-order valence-electron chi connectivity index (χ1n) is 7.29. The number of nitrogens with one attached hydrogen (secondary N) is 1. The lowest BCUT2D eigenvalue weighted by Gasteiger charge is -2.20. The van der Waals surface area contributed by atoms with Crippen molar-refractivity contribution >= 4 is 0 Å². The highest BCUT2D eigenvalue weighted by Gasteiger charge is 2.15. The highest BCUT2D eigenvalue weighted by Crippen LogP contribution is 2.23. The lowest BCUT2D eigenvalue weighted by atomic mass is 9.98. The molecule has 1 rings (SSSR count). The Morgan fingerprint density at radius 1 is 1.17 bits per heavy atom. The second-order valence-electron chi connectivity index (χ2n) is 4.85. The Bertz CT molecular complexity index is 350. The number of nitrogens with zero attached hydrogens (tertiary/aromatic N) is 2. The summed E-state index contributed by atoms with van der Waals surface area (Å²) in [7, 11) is 0. The van der Waals surface area contributed by atoms with E-state index < -0.39 is 0 Å². The van der Waals surface area contributed by atoms with Crippen LogP contribution in [0.2, 0.25) is 0 Å². The second kappa shape index (κ2) is 8.20. The van der Waals surface area contributed by atoms with Gasteiger partial charge in [0.15, 0.2) is 0 Å². The zero-order valence-corrected chi connectivity index (χ0v) is 12.3. The number of aromatic nitrogens is 2. The Kier molecular flexibility index (Phi) is 6.88. The summed E-state index contributed by atoms with van der Waals surface area (Å²) in [4.78, 5) is 0. The molecule has 1 N–H and O–H groups in total. The molecule has 1 aromatic heterocycles. The normalized spacial score (nSPS) is 12.7. The molecule has 1 atom stereocenters. The van der Waals surface area contributed by atoms with Gasteiger partial charge in [0.2, 0.25) is 0 Å². The van der Waals surface area contributed by atoms with E-state index in [4.69, 9.17) is 0 Å². The van der Waals surface area contributed by atoms with Crippen LogP contribution in [0.1, 0.15) is 69.4 Å². The minimum absolute atomic E-state index is 0.436. The van der Waals surface area contributed by atoms with Crippen molar-refractivity contribution in [2.45, 2.75) is 65.8 Å². The van der Waals surface area contributed by atoms with Crippen molar-refractivity contribution in [2.24, 2.45) is 0 Å². The Balaban J connectivity index is 2.85. The Hall–Kier alpha value is -0.960. The van der Waals surface area contributed by atoms with Gasteiger partial charge in [0.25, 0.3) is 0 Å². The van der Waals surface area contributed by atoms with Crippen LogP contribution in [-0.4, -0.2) is 16.7 Å². The summed E-state index contributed by atoms with van der Waals surface area (Å²) < 4.78 is 0. The van der Waals surface area contributed by atoms with Crippen LogP contribution in [0.5, 0.6) is 0 Å². The van der Waals surface area contributed by atoms with Gasteiger partial charge in [-0.25, -0.2) is 0 Å². The Morgan fingerprint density at radius 2 is 1.94 bits per heavy atom. The first kappa shape index (κ1) is 15.1. The summed E-state index contributed by atoms with van der Waals surface area (Å²) in [5, 5.41) is 12.1. The lowest BCUT2D eigenvalue weighted by Crippen LogP contribution is -2.23. The van der Waals surface area contributed by atoms with E-state index in [-0.39, 0.29) is 0 Å². The molecule has 1 aromatic rings. The topological polar surface area (TPSA) is 37.8 Å². The van der Waals surface area contributed by atoms with Gasteiger partial charge in [-0.1, -0.05) is 40.0 Å². The number of aryl methyl sites for hydroxylation is 2. The summed E-state index contributed by atoms with van der Waals surface area (Å²) in [5.74, 6) is 0. The van der Waals surface area contributed by atoms with Crippen molar-refractivity contribution in [3.05, 3.63) is 23.0 Å². The molecular formula is C15H27N3. The van der Waals surface area contributed by atoms with Crippen molar-refractivity contribution in [3.8, 4) is 0 Å². The first-order chi connectivity index (χ1) is 8.72. The van der Waals surface area contributed by atoms with E-state index in [0.717, 1.165) is 24.4 Å². The smallest absolute Gasteiger partial charge is 0.0676 e. The van der Waals surface area contributed by atoms with E-state index in [0.29, 0.717) is 6.04 Å². The number of hydrogen-bond donors (Lipinski definition) is 1. The van der Waals surface area contributed by atoms with E-state index in [1.165, 1.54) is 31.2 Å². The largest absolute Gasteiger partial charge is 0.310 e. The van der Waals surface area contributed by atoms with Crippen LogP contribution in [0.15, 0.2) is 6.07 Å². The molecule has 0 amide bonds. The molecule has 3 nitrogen and oxygen atoms in total. The summed E-state index contributed by atoms with van der Waals surface area (Å²) >= 11 is 0. The van der Waals surface area contributed by atoms with Crippen LogP contribution in [0.25, 0.3) is 0 Å². The second-order valence-corrected chi connectivity index (χ2v) is 4.85. The standard InChI is InChI=1S/C15H27N3/c1-5-8-9-10-15(16-7-3)13-11-12(4)17-18-14(13)6-2/h11,15-16H,5-10H2,1-4H3. The van der Waals surface area contributed by atoms with Crippen molar-refractivity contribution in [1.82, 2.24) is 15.5 Å². The molecule has 1 heterocycles. The molecule has 0 spiro atoms. The van der Waals surface area contributed by atoms with Gasteiger partial charge in [0.1, 0.15) is 0 Å². The maximum absolute atomic E-state index is 4.34. The molecule has 0 saturated heterocycles. The van der Waals surface area contributed by atoms with Gasteiger partial charge in [-0.15, -0.1) is 0 Å². The highest BCUT2D eigenvalue weighted by molar-refractivity contribution is 5.24. The molecule has 0 radical (unpaired) electrons. The molecular weight excluding hydrogens is 222 g/mol. The zero-order valence-electron chi connectivity index (χ0n) is 12.3. The maximum Gasteiger partial charge on any atom is 0.0676 e. The van der Waals surface area contributed by atoms with E-state index >= 15 is 0 Å². The molecule has 3 heteroatoms. The predicted molar refractivity (Wildman–Crippen MR) is 76.7 cm³/mol. The van der Waals surface area contributed by atoms with Crippen LogP contribution in [0.3, 0.4) is 0 Å². The van der Waals surface area contributed by atoms with Gasteiger partial charge in [-0.2, -0.15) is 10.2 Å². The van der Waals surface area contributed by atoms with Gasteiger partial charge in [0.05, 0.1) is 11.4 Å². The summed E-state index contributed by atoms with van der Waals surface area (Å²) in [6.07, 6.45) is 6.00. The fourth-order valence-electron chi connectivity index (χ4n) is 2.32. The van der Waals surface area contributed by atoms with Gasteiger partial charge >= 0.3 is 0 Å². The van der Waals surface area contributed by atoms with E-state index in [9.17, 15) is 0 Å². The molecule has 0 bridgehead atoms. The monoisotopic (exact) mass is 249 g/mol. The summed E-state index contributed by atoms with van der Waals surface area (Å²) in [6, 6.07) is 2.64. The third-order valence-electron chi connectivity index (χ3n) is 3.28. The number of rotatable bonds is 8. The summed E-state index contributed by atoms with van der Waals surface area (Å²) in [5.41, 5.74) is 3.51. The average molecular weight is 249 g/mol. The summed E-state index contributed by atoms with van der Waals surface area (Å²) in [6.45, 7) is 9.59. The van der Waals surface area contributed by atoms with Crippen molar-refractivity contribution < 1.29 is 0 Å². The fourth-order valence-corrected chi connectivity index (χ4v) is 2.32. The minimum atomic E-state index is 0.436. The number of unbranched alkanes of at least 4 members (excludes halogenated alkanes) is 2. The predicted octanol–water partition coefficient (Wildman–Crippen LogP) is 3.58. The minimum Gasteiger partial charge on any atom is -0.310 e. The molecule has 0 saturated carbocycles. The third kappa shape index (κ3) is 4.37. The van der Waals surface area contributed by atoms with Crippen LogP contribution in [-0.2, 0) is 6.42 Å². The van der Waals surface area contributed by atoms with Gasteiger partial charge < -0.3 is 5.32 Å². The number of hydrogen-bond acceptors (Lipinski definition) is 3. The molecule has 0 fully saturated rings. The molecule has 0 aromatic carbocycles. The van der Waals surface area contributed by atoms with Gasteiger partial charge in [-0.05, 0) is 37.9 Å². The molecule has 102 valence electrons. The molecule has 1 unspecified atom stereocenters. The van der Waals surface area contributed by atoms with E-state index in [2.05, 4.69) is 42.4 Å². The first-order valence-corrected chi connectivity index (χ1v) is 7.29. The van der Waals surface area contributed by atoms with Crippen LogP contribution in [0.4, 0.5) is 0 Å². The van der Waals surface area contributed by atoms with Crippen molar-refractivity contribution in [3.63, 3.8) is 0 Å². The van der Waals surface area contributed by atoms with E-state index in [1.807, 2.05) is 6.92 Å². The fraction of sp³-hybridized carbons (Fsp3) is 0.733. The maximum atomic E-state index is 4.34. The molecule has 0 aliphatic carbocycles. The SMILES string of the molecule is CCCCCC(NCC)c1cc(C)nnc1CC. The lowest BCUT2D eigenvalue weighted by molar-refractivity contribution is 0.480. The highest BCUT2D eigenvalue weighted by atomic mass is 15.1. The van der Waals surface area contributed by atoms with Gasteiger partial charge in [-0.3, -0.25) is 0 Å². The van der Waals surface area contributed by atoms with Crippen LogP contribution < -0.4 is 5.32 Å². The van der Waals surface area contributed by atoms with E-state index in [1.54, 1.807) is 0 Å². The van der Waals surface area contributed by atoms with Crippen LogP contribution >= 0.6 is 0 Å². The Labute approximate surface area is 111 Å². The molecule has 0 aliphatic heterocycles. The molecule has 0 aliphatic rings. The third-order valence-corrected chi connectivity index (χ3v) is 3.28. The molecule has 18 heavy (non-hydrogen) atoms. The average Bonchev–Trinajstić information content (AvgIpc) is 2.38. The van der Waals surface area contributed by atoms with Gasteiger partial charge in [0, 0.05) is 6.04 Å². The zero-order chi connectivity index (χ0) is 13.4. The van der Waals surface area contributed by atoms with Crippen molar-refractivity contribution in [2.75, 3.05) is 6.54 Å².